The average molecular weight is 281 g/mol. The zero-order chi connectivity index (χ0) is 14.7. The molecule has 20 heavy (non-hydrogen) atoms. The first-order chi connectivity index (χ1) is 9.49. The molecule has 1 saturated heterocycles. The highest BCUT2D eigenvalue weighted by Gasteiger charge is 2.19. The minimum atomic E-state index is 0.325. The third kappa shape index (κ3) is 3.43. The Bertz CT molecular complexity index is 437. The van der Waals surface area contributed by atoms with Crippen LogP contribution in [-0.2, 0) is 11.8 Å². The second kappa shape index (κ2) is 6.45. The maximum absolute atomic E-state index is 6.21. The van der Waals surface area contributed by atoms with Crippen molar-refractivity contribution < 1.29 is 4.74 Å². The highest BCUT2D eigenvalue weighted by Crippen LogP contribution is 2.28. The van der Waals surface area contributed by atoms with Crippen molar-refractivity contribution in [2.24, 2.45) is 7.05 Å². The first-order valence-corrected chi connectivity index (χ1v) is 7.38. The molecule has 6 nitrogen and oxygen atoms in total. The van der Waals surface area contributed by atoms with Crippen LogP contribution in [0.5, 0.6) is 0 Å². The van der Waals surface area contributed by atoms with Gasteiger partial charge in [-0.15, -0.1) is 0 Å². The van der Waals surface area contributed by atoms with Crippen LogP contribution < -0.4 is 11.1 Å². The fourth-order valence-corrected chi connectivity index (χ4v) is 2.61. The summed E-state index contributed by atoms with van der Waals surface area (Å²) in [4.78, 5) is 2.41. The van der Waals surface area contributed by atoms with Crippen molar-refractivity contribution in [2.45, 2.75) is 32.7 Å². The van der Waals surface area contributed by atoms with Crippen LogP contribution in [0.2, 0.25) is 0 Å². The number of ether oxygens (including phenoxy) is 1. The number of anilines is 2. The molecule has 6 heteroatoms. The molecule has 2 heterocycles. The average Bonchev–Trinajstić information content (AvgIpc) is 2.68. The van der Waals surface area contributed by atoms with Gasteiger partial charge in [0.05, 0.1) is 24.6 Å². The van der Waals surface area contributed by atoms with E-state index in [0.29, 0.717) is 12.0 Å². The number of nitrogens with zero attached hydrogens (tertiary/aromatic N) is 3. The summed E-state index contributed by atoms with van der Waals surface area (Å²) in [6.45, 7) is 11.1. The van der Waals surface area contributed by atoms with Crippen LogP contribution in [-0.4, -0.2) is 53.6 Å². The number of nitrogens with two attached hydrogens (primary N) is 1. The predicted molar refractivity (Wildman–Crippen MR) is 82.1 cm³/mol. The Morgan fingerprint density at radius 1 is 1.30 bits per heavy atom. The fraction of sp³-hybridized carbons (Fsp3) is 0.786. The lowest BCUT2D eigenvalue weighted by Crippen LogP contribution is -2.42. The van der Waals surface area contributed by atoms with Crippen LogP contribution in [0.15, 0.2) is 0 Å². The van der Waals surface area contributed by atoms with Crippen molar-refractivity contribution in [3.63, 3.8) is 0 Å². The van der Waals surface area contributed by atoms with E-state index in [1.165, 1.54) is 0 Å². The van der Waals surface area contributed by atoms with Crippen LogP contribution in [0.3, 0.4) is 0 Å². The second-order valence-electron chi connectivity index (χ2n) is 5.88. The predicted octanol–water partition coefficient (Wildman–Crippen LogP) is 1.26. The largest absolute Gasteiger partial charge is 0.394 e. The Morgan fingerprint density at radius 3 is 2.50 bits per heavy atom. The summed E-state index contributed by atoms with van der Waals surface area (Å²) in [6, 6.07) is 0.325. The van der Waals surface area contributed by atoms with E-state index in [1.54, 1.807) is 0 Å². The zero-order valence-corrected chi connectivity index (χ0v) is 13.0. The van der Waals surface area contributed by atoms with Crippen molar-refractivity contribution in [2.75, 3.05) is 43.9 Å². The fourth-order valence-electron chi connectivity index (χ4n) is 2.61. The molecule has 1 aliphatic rings. The summed E-state index contributed by atoms with van der Waals surface area (Å²) < 4.78 is 7.22. The molecule has 0 saturated carbocycles. The van der Waals surface area contributed by atoms with Crippen LogP contribution in [0.1, 0.15) is 32.4 Å². The molecule has 114 valence electrons. The maximum Gasteiger partial charge on any atom is 0.148 e. The van der Waals surface area contributed by atoms with Crippen molar-refractivity contribution >= 4 is 11.5 Å². The quantitative estimate of drug-likeness (QED) is 0.850. The van der Waals surface area contributed by atoms with E-state index in [4.69, 9.17) is 10.5 Å². The number of hydrogen-bond acceptors (Lipinski definition) is 5. The van der Waals surface area contributed by atoms with Crippen molar-refractivity contribution in [3.8, 4) is 0 Å². The van der Waals surface area contributed by atoms with Gasteiger partial charge in [0.2, 0.25) is 0 Å². The SMILES string of the molecule is CC(CN1CCOCC1)Nc1c(N)c(C(C)C)nn1C. The van der Waals surface area contributed by atoms with Crippen LogP contribution >= 0.6 is 0 Å². The molecule has 1 aromatic rings. The molecule has 3 N–H and O–H groups in total. The number of hydrogen-bond donors (Lipinski definition) is 2. The molecular formula is C14H27N5O. The third-order valence-corrected chi connectivity index (χ3v) is 3.68. The maximum atomic E-state index is 6.21. The Labute approximate surface area is 121 Å². The summed E-state index contributed by atoms with van der Waals surface area (Å²) in [5.74, 6) is 1.26. The van der Waals surface area contributed by atoms with Gasteiger partial charge in [-0.3, -0.25) is 9.58 Å². The molecule has 1 aromatic heterocycles. The summed E-state index contributed by atoms with van der Waals surface area (Å²) in [7, 11) is 1.94. The lowest BCUT2D eigenvalue weighted by molar-refractivity contribution is 0.0368. The van der Waals surface area contributed by atoms with Gasteiger partial charge in [-0.1, -0.05) is 13.8 Å². The molecule has 0 bridgehead atoms. The number of morpholine rings is 1. The van der Waals surface area contributed by atoms with Gasteiger partial charge >= 0.3 is 0 Å². The van der Waals surface area contributed by atoms with Gasteiger partial charge in [-0.05, 0) is 12.8 Å². The van der Waals surface area contributed by atoms with E-state index in [0.717, 1.165) is 50.0 Å². The monoisotopic (exact) mass is 281 g/mol. The Morgan fingerprint density at radius 2 is 1.95 bits per heavy atom. The number of nitrogen functional groups attached to an aromatic ring is 1. The molecule has 0 amide bonds. The van der Waals surface area contributed by atoms with Crippen molar-refractivity contribution in [3.05, 3.63) is 5.69 Å². The van der Waals surface area contributed by atoms with Gasteiger partial charge in [0, 0.05) is 32.7 Å². The van der Waals surface area contributed by atoms with E-state index in [9.17, 15) is 0 Å². The lowest BCUT2D eigenvalue weighted by Gasteiger charge is -2.29. The van der Waals surface area contributed by atoms with Gasteiger partial charge in [0.25, 0.3) is 0 Å². The molecule has 0 aliphatic carbocycles. The minimum Gasteiger partial charge on any atom is -0.394 e. The molecular weight excluding hydrogens is 254 g/mol. The van der Waals surface area contributed by atoms with Crippen LogP contribution in [0.4, 0.5) is 11.5 Å². The van der Waals surface area contributed by atoms with Gasteiger partial charge < -0.3 is 15.8 Å². The number of rotatable bonds is 5. The van der Waals surface area contributed by atoms with Crippen LogP contribution in [0, 0.1) is 0 Å². The molecule has 0 spiro atoms. The van der Waals surface area contributed by atoms with E-state index in [2.05, 4.69) is 36.1 Å². The standard InChI is InChI=1S/C14H27N5O/c1-10(2)13-12(15)14(18(4)17-13)16-11(3)9-19-5-7-20-8-6-19/h10-11,16H,5-9,15H2,1-4H3. The zero-order valence-electron chi connectivity index (χ0n) is 13.0. The van der Waals surface area contributed by atoms with E-state index < -0.39 is 0 Å². The first kappa shape index (κ1) is 15.1. The van der Waals surface area contributed by atoms with Crippen molar-refractivity contribution in [1.82, 2.24) is 14.7 Å². The Balaban J connectivity index is 1.98. The molecule has 1 fully saturated rings. The number of aromatic nitrogens is 2. The van der Waals surface area contributed by atoms with Gasteiger partial charge in [0.15, 0.2) is 0 Å². The Hall–Kier alpha value is -1.27. The topological polar surface area (TPSA) is 68.3 Å². The molecule has 2 rings (SSSR count). The minimum absolute atomic E-state index is 0.325. The smallest absolute Gasteiger partial charge is 0.148 e. The van der Waals surface area contributed by atoms with Crippen molar-refractivity contribution in [1.29, 1.82) is 0 Å². The number of aryl methyl sites for hydroxylation is 1. The summed E-state index contributed by atoms with van der Waals surface area (Å²) in [5, 5.41) is 8.00. The molecule has 1 unspecified atom stereocenters. The third-order valence-electron chi connectivity index (χ3n) is 3.68. The lowest BCUT2D eigenvalue weighted by atomic mass is 10.1. The molecule has 1 atom stereocenters. The highest BCUT2D eigenvalue weighted by molar-refractivity contribution is 5.66. The normalized spacial score (nSPS) is 18.4. The summed E-state index contributed by atoms with van der Waals surface area (Å²) >= 11 is 0. The summed E-state index contributed by atoms with van der Waals surface area (Å²) in [5.41, 5.74) is 7.95. The van der Waals surface area contributed by atoms with E-state index in [-0.39, 0.29) is 0 Å². The first-order valence-electron chi connectivity index (χ1n) is 7.38. The van der Waals surface area contributed by atoms with Gasteiger partial charge in [0.1, 0.15) is 5.82 Å². The van der Waals surface area contributed by atoms with Gasteiger partial charge in [-0.2, -0.15) is 5.10 Å². The summed E-state index contributed by atoms with van der Waals surface area (Å²) in [6.07, 6.45) is 0. The molecule has 0 radical (unpaired) electrons. The van der Waals surface area contributed by atoms with E-state index in [1.807, 2.05) is 11.7 Å². The Kier molecular flexibility index (Phi) is 4.88. The van der Waals surface area contributed by atoms with Gasteiger partial charge in [-0.25, -0.2) is 0 Å². The molecule has 0 aromatic carbocycles. The van der Waals surface area contributed by atoms with E-state index >= 15 is 0 Å². The highest BCUT2D eigenvalue weighted by atomic mass is 16.5. The van der Waals surface area contributed by atoms with Crippen LogP contribution in [0.25, 0.3) is 0 Å². The second-order valence-corrected chi connectivity index (χ2v) is 5.88. The number of nitrogens with one attached hydrogen (secondary N) is 1. The molecule has 1 aliphatic heterocycles.